The Hall–Kier alpha value is -2.17. The van der Waals surface area contributed by atoms with E-state index in [2.05, 4.69) is 6.58 Å². The second-order valence-electron chi connectivity index (χ2n) is 4.02. The van der Waals surface area contributed by atoms with E-state index in [4.69, 9.17) is 4.42 Å². The van der Waals surface area contributed by atoms with Crippen LogP contribution >= 0.6 is 0 Å². The average molecular weight is 247 g/mol. The SMILES string of the molecule is C=CCN1C(=O)Cc2oc(=O)cc(CC)c2C1=O. The van der Waals surface area contributed by atoms with E-state index in [9.17, 15) is 14.4 Å². The Bertz CT molecular complexity index is 585. The van der Waals surface area contributed by atoms with E-state index in [1.807, 2.05) is 6.92 Å². The van der Waals surface area contributed by atoms with Gasteiger partial charge in [-0.2, -0.15) is 0 Å². The molecule has 0 atom stereocenters. The van der Waals surface area contributed by atoms with Gasteiger partial charge in [0, 0.05) is 12.6 Å². The van der Waals surface area contributed by atoms with E-state index >= 15 is 0 Å². The van der Waals surface area contributed by atoms with Crippen molar-refractivity contribution in [2.45, 2.75) is 19.8 Å². The van der Waals surface area contributed by atoms with Crippen LogP contribution in [0.5, 0.6) is 0 Å². The second-order valence-corrected chi connectivity index (χ2v) is 4.02. The van der Waals surface area contributed by atoms with Crippen molar-refractivity contribution in [3.05, 3.63) is 46.0 Å². The number of aryl methyl sites for hydroxylation is 1. The molecule has 0 unspecified atom stereocenters. The molecule has 0 saturated carbocycles. The first-order valence-corrected chi connectivity index (χ1v) is 5.70. The lowest BCUT2D eigenvalue weighted by molar-refractivity contribution is -0.128. The molecule has 2 heterocycles. The Morgan fingerprint density at radius 1 is 1.44 bits per heavy atom. The molecule has 0 aromatic carbocycles. The van der Waals surface area contributed by atoms with Crippen LogP contribution in [0.1, 0.15) is 28.6 Å². The van der Waals surface area contributed by atoms with E-state index in [0.29, 0.717) is 17.5 Å². The largest absolute Gasteiger partial charge is 0.426 e. The van der Waals surface area contributed by atoms with Crippen LogP contribution in [0.2, 0.25) is 0 Å². The van der Waals surface area contributed by atoms with Gasteiger partial charge in [0.15, 0.2) is 0 Å². The smallest absolute Gasteiger partial charge is 0.336 e. The molecule has 0 radical (unpaired) electrons. The van der Waals surface area contributed by atoms with Gasteiger partial charge in [-0.1, -0.05) is 13.0 Å². The van der Waals surface area contributed by atoms with Gasteiger partial charge in [-0.15, -0.1) is 6.58 Å². The molecule has 1 aromatic heterocycles. The molecular formula is C13H13NO4. The van der Waals surface area contributed by atoms with Gasteiger partial charge in [-0.05, 0) is 12.0 Å². The first kappa shape index (κ1) is 12.3. The molecule has 18 heavy (non-hydrogen) atoms. The van der Waals surface area contributed by atoms with E-state index < -0.39 is 11.5 Å². The van der Waals surface area contributed by atoms with Gasteiger partial charge in [-0.25, -0.2) is 4.79 Å². The zero-order valence-electron chi connectivity index (χ0n) is 10.1. The van der Waals surface area contributed by atoms with Crippen LogP contribution in [0, 0.1) is 0 Å². The van der Waals surface area contributed by atoms with Gasteiger partial charge in [-0.3, -0.25) is 14.5 Å². The van der Waals surface area contributed by atoms with Gasteiger partial charge in [0.1, 0.15) is 5.76 Å². The van der Waals surface area contributed by atoms with Crippen molar-refractivity contribution in [2.75, 3.05) is 6.54 Å². The molecule has 2 rings (SSSR count). The third-order valence-corrected chi connectivity index (χ3v) is 2.88. The predicted molar refractivity (Wildman–Crippen MR) is 64.3 cm³/mol. The number of nitrogens with zero attached hydrogens (tertiary/aromatic N) is 1. The van der Waals surface area contributed by atoms with Crippen LogP contribution in [-0.2, 0) is 17.6 Å². The number of carbonyl (C=O) groups is 2. The molecule has 5 heteroatoms. The van der Waals surface area contributed by atoms with Crippen LogP contribution in [-0.4, -0.2) is 23.3 Å². The number of amides is 2. The molecule has 2 amide bonds. The van der Waals surface area contributed by atoms with Crippen molar-refractivity contribution in [3.8, 4) is 0 Å². The molecule has 1 aromatic rings. The molecule has 94 valence electrons. The Labute approximate surface area is 104 Å². The quantitative estimate of drug-likeness (QED) is 0.588. The molecule has 0 saturated heterocycles. The Morgan fingerprint density at radius 3 is 2.78 bits per heavy atom. The highest BCUT2D eigenvalue weighted by atomic mass is 16.4. The minimum absolute atomic E-state index is 0.0575. The van der Waals surface area contributed by atoms with Crippen LogP contribution < -0.4 is 5.63 Å². The molecule has 1 aliphatic rings. The predicted octanol–water partition coefficient (Wildman–Crippen LogP) is 0.913. The maximum absolute atomic E-state index is 12.2. The maximum atomic E-state index is 12.2. The number of fused-ring (bicyclic) bond motifs is 1. The Morgan fingerprint density at radius 2 is 2.17 bits per heavy atom. The molecule has 0 N–H and O–H groups in total. The van der Waals surface area contributed by atoms with Crippen LogP contribution in [0.15, 0.2) is 27.9 Å². The van der Waals surface area contributed by atoms with Crippen LogP contribution in [0.4, 0.5) is 0 Å². The van der Waals surface area contributed by atoms with Crippen molar-refractivity contribution >= 4 is 11.8 Å². The first-order chi connectivity index (χ1) is 8.58. The minimum Gasteiger partial charge on any atom is -0.426 e. The number of hydrogen-bond acceptors (Lipinski definition) is 4. The van der Waals surface area contributed by atoms with Crippen LogP contribution in [0.25, 0.3) is 0 Å². The van der Waals surface area contributed by atoms with Gasteiger partial charge >= 0.3 is 5.63 Å². The summed E-state index contributed by atoms with van der Waals surface area (Å²) in [7, 11) is 0. The lowest BCUT2D eigenvalue weighted by Gasteiger charge is -2.25. The Kier molecular flexibility index (Phi) is 3.14. The summed E-state index contributed by atoms with van der Waals surface area (Å²) in [6.07, 6.45) is 1.97. The summed E-state index contributed by atoms with van der Waals surface area (Å²) in [5.41, 5.74) is 0.440. The average Bonchev–Trinajstić information content (AvgIpc) is 2.32. The van der Waals surface area contributed by atoms with Crippen LogP contribution in [0.3, 0.4) is 0 Å². The number of carbonyl (C=O) groups excluding carboxylic acids is 2. The number of hydrogen-bond donors (Lipinski definition) is 0. The van der Waals surface area contributed by atoms with Gasteiger partial charge in [0.25, 0.3) is 5.91 Å². The summed E-state index contributed by atoms with van der Waals surface area (Å²) in [4.78, 5) is 36.4. The highest BCUT2D eigenvalue weighted by Gasteiger charge is 2.33. The molecule has 0 spiro atoms. The minimum atomic E-state index is -0.525. The lowest BCUT2D eigenvalue weighted by atomic mass is 9.98. The summed E-state index contributed by atoms with van der Waals surface area (Å²) in [6, 6.07) is 1.30. The summed E-state index contributed by atoms with van der Waals surface area (Å²) < 4.78 is 4.96. The topological polar surface area (TPSA) is 67.6 Å². The first-order valence-electron chi connectivity index (χ1n) is 5.70. The monoisotopic (exact) mass is 247 g/mol. The lowest BCUT2D eigenvalue weighted by Crippen LogP contribution is -2.43. The maximum Gasteiger partial charge on any atom is 0.336 e. The molecule has 5 nitrogen and oxygen atoms in total. The van der Waals surface area contributed by atoms with E-state index in [1.54, 1.807) is 0 Å². The highest BCUT2D eigenvalue weighted by molar-refractivity contribution is 6.10. The third kappa shape index (κ3) is 1.88. The second kappa shape index (κ2) is 4.60. The zero-order chi connectivity index (χ0) is 13.3. The summed E-state index contributed by atoms with van der Waals surface area (Å²) in [5.74, 6) is -0.611. The standard InChI is InChI=1S/C13H13NO4/c1-3-5-14-10(15)7-9-12(13(14)17)8(4-2)6-11(16)18-9/h3,6H,1,4-5,7H2,2H3. The molecule has 0 aliphatic carbocycles. The summed E-state index contributed by atoms with van der Waals surface area (Å²) in [6.45, 7) is 5.53. The number of imide groups is 1. The third-order valence-electron chi connectivity index (χ3n) is 2.88. The van der Waals surface area contributed by atoms with E-state index in [0.717, 1.165) is 4.90 Å². The Balaban J connectivity index is 2.59. The van der Waals surface area contributed by atoms with Crippen molar-refractivity contribution in [1.29, 1.82) is 0 Å². The van der Waals surface area contributed by atoms with Gasteiger partial charge < -0.3 is 4.42 Å². The summed E-state index contributed by atoms with van der Waals surface area (Å²) >= 11 is 0. The van der Waals surface area contributed by atoms with E-state index in [-0.39, 0.29) is 24.6 Å². The fourth-order valence-electron chi connectivity index (χ4n) is 2.05. The normalized spacial score (nSPS) is 14.6. The van der Waals surface area contributed by atoms with E-state index in [1.165, 1.54) is 12.1 Å². The molecule has 0 fully saturated rings. The molecule has 1 aliphatic heterocycles. The molecule has 0 bridgehead atoms. The highest BCUT2D eigenvalue weighted by Crippen LogP contribution is 2.22. The van der Waals surface area contributed by atoms with Gasteiger partial charge in [0.2, 0.25) is 5.91 Å². The van der Waals surface area contributed by atoms with Gasteiger partial charge in [0.05, 0.1) is 12.0 Å². The zero-order valence-corrected chi connectivity index (χ0v) is 10.1. The summed E-state index contributed by atoms with van der Waals surface area (Å²) in [5, 5.41) is 0. The molecular weight excluding hydrogens is 234 g/mol. The van der Waals surface area contributed by atoms with Crippen molar-refractivity contribution in [3.63, 3.8) is 0 Å². The van der Waals surface area contributed by atoms with Crippen molar-refractivity contribution in [2.24, 2.45) is 0 Å². The van der Waals surface area contributed by atoms with Crippen molar-refractivity contribution in [1.82, 2.24) is 4.90 Å². The van der Waals surface area contributed by atoms with Crippen molar-refractivity contribution < 1.29 is 14.0 Å². The fourth-order valence-corrected chi connectivity index (χ4v) is 2.05. The fraction of sp³-hybridized carbons (Fsp3) is 0.308. The number of rotatable bonds is 3.